The molecule has 0 aliphatic carbocycles. The summed E-state index contributed by atoms with van der Waals surface area (Å²) in [6.45, 7) is 7.63. The van der Waals surface area contributed by atoms with Crippen LogP contribution in [0.2, 0.25) is 10.0 Å². The largest absolute Gasteiger partial charge is 0.390 e. The van der Waals surface area contributed by atoms with Gasteiger partial charge in [0.2, 0.25) is 0 Å². The Hall–Kier alpha value is -1.47. The number of hydrogen-bond donors (Lipinski definition) is 2. The minimum atomic E-state index is -0.206. The fraction of sp³-hybridized carbons (Fsp3) is 0.526. The topological polar surface area (TPSA) is 88.2 Å². The van der Waals surface area contributed by atoms with Crippen LogP contribution in [0.4, 0.5) is 5.82 Å². The summed E-state index contributed by atoms with van der Waals surface area (Å²) in [6.07, 6.45) is 5.05. The van der Waals surface area contributed by atoms with Crippen molar-refractivity contribution in [3.63, 3.8) is 0 Å². The van der Waals surface area contributed by atoms with Crippen molar-refractivity contribution >= 4 is 29.0 Å². The lowest BCUT2D eigenvalue weighted by atomic mass is 9.75. The predicted octanol–water partition coefficient (Wildman–Crippen LogP) is 3.60. The summed E-state index contributed by atoms with van der Waals surface area (Å²) < 4.78 is 0. The second-order valence-corrected chi connectivity index (χ2v) is 8.28. The van der Waals surface area contributed by atoms with Gasteiger partial charge in [-0.25, -0.2) is 9.97 Å². The lowest BCUT2D eigenvalue weighted by Gasteiger charge is -2.42. The number of hydrogen-bond acceptors (Lipinski definition) is 6. The van der Waals surface area contributed by atoms with Crippen molar-refractivity contribution in [3.05, 3.63) is 33.8 Å². The van der Waals surface area contributed by atoms with Crippen LogP contribution in [-0.2, 0) is 6.61 Å². The summed E-state index contributed by atoms with van der Waals surface area (Å²) in [4.78, 5) is 15.7. The molecule has 1 fully saturated rings. The number of pyridine rings is 1. The smallest absolute Gasteiger partial charge is 0.153 e. The van der Waals surface area contributed by atoms with Gasteiger partial charge < -0.3 is 15.7 Å². The van der Waals surface area contributed by atoms with Crippen LogP contribution in [0.15, 0.2) is 12.4 Å². The molecule has 1 saturated heterocycles. The van der Waals surface area contributed by atoms with Crippen LogP contribution in [0.1, 0.15) is 38.1 Å². The fourth-order valence-electron chi connectivity index (χ4n) is 3.43. The molecule has 2 aromatic rings. The molecule has 1 aliphatic heterocycles. The molecule has 0 bridgehead atoms. The van der Waals surface area contributed by atoms with E-state index in [-0.39, 0.29) is 18.1 Å². The Kier molecular flexibility index (Phi) is 5.91. The molecule has 0 amide bonds. The van der Waals surface area contributed by atoms with E-state index in [1.54, 1.807) is 6.20 Å². The standard InChI is InChI=1S/C19H25Cl2N5O/c1-11-17(13-8-23-9-14(20)16(13)21)25-15(10-27)18(24-11)26-6-4-19(3,5-7-26)12(2)22/h8-9,12,27H,4-7,10,22H2,1-3H3. The molecular formula is C19H25Cl2N5O. The second-order valence-electron chi connectivity index (χ2n) is 7.50. The Balaban J connectivity index is 1.95. The van der Waals surface area contributed by atoms with E-state index in [2.05, 4.69) is 28.7 Å². The molecule has 1 unspecified atom stereocenters. The SMILES string of the molecule is Cc1nc(N2CCC(C)(C(C)N)CC2)c(CO)nc1-c1cncc(Cl)c1Cl. The van der Waals surface area contributed by atoms with Crippen molar-refractivity contribution in [2.45, 2.75) is 46.3 Å². The van der Waals surface area contributed by atoms with Crippen molar-refractivity contribution in [1.82, 2.24) is 15.0 Å². The maximum atomic E-state index is 9.90. The van der Waals surface area contributed by atoms with Crippen molar-refractivity contribution < 1.29 is 5.11 Å². The molecule has 3 heterocycles. The van der Waals surface area contributed by atoms with Crippen LogP contribution < -0.4 is 10.6 Å². The van der Waals surface area contributed by atoms with Crippen LogP contribution >= 0.6 is 23.2 Å². The number of aromatic nitrogens is 3. The number of rotatable bonds is 4. The Morgan fingerprint density at radius 1 is 1.26 bits per heavy atom. The highest BCUT2D eigenvalue weighted by Crippen LogP contribution is 2.37. The number of aliphatic hydroxyl groups is 1. The number of piperidine rings is 1. The molecule has 0 saturated carbocycles. The van der Waals surface area contributed by atoms with E-state index < -0.39 is 0 Å². The molecular weight excluding hydrogens is 385 g/mol. The second kappa shape index (κ2) is 7.87. The molecule has 0 radical (unpaired) electrons. The Labute approximate surface area is 169 Å². The number of nitrogens with two attached hydrogens (primary N) is 1. The highest BCUT2D eigenvalue weighted by Gasteiger charge is 2.34. The third kappa shape index (κ3) is 3.90. The van der Waals surface area contributed by atoms with Crippen molar-refractivity contribution in [1.29, 1.82) is 0 Å². The Morgan fingerprint density at radius 2 is 1.93 bits per heavy atom. The summed E-state index contributed by atoms with van der Waals surface area (Å²) in [5, 5.41) is 10.6. The first-order chi connectivity index (χ1) is 12.8. The fourth-order valence-corrected chi connectivity index (χ4v) is 3.77. The van der Waals surface area contributed by atoms with Gasteiger partial charge >= 0.3 is 0 Å². The first kappa shape index (κ1) is 20.3. The van der Waals surface area contributed by atoms with Gasteiger partial charge in [-0.1, -0.05) is 30.1 Å². The first-order valence-electron chi connectivity index (χ1n) is 9.05. The third-order valence-electron chi connectivity index (χ3n) is 5.67. The van der Waals surface area contributed by atoms with E-state index in [4.69, 9.17) is 33.9 Å². The summed E-state index contributed by atoms with van der Waals surface area (Å²) in [6, 6.07) is 0.143. The molecule has 27 heavy (non-hydrogen) atoms. The average molecular weight is 410 g/mol. The summed E-state index contributed by atoms with van der Waals surface area (Å²) in [7, 11) is 0. The maximum Gasteiger partial charge on any atom is 0.153 e. The summed E-state index contributed by atoms with van der Waals surface area (Å²) in [5.74, 6) is 0.719. The number of aryl methyl sites for hydroxylation is 1. The van der Waals surface area contributed by atoms with Gasteiger partial charge in [-0.05, 0) is 32.1 Å². The van der Waals surface area contributed by atoms with Crippen LogP contribution in [0, 0.1) is 12.3 Å². The van der Waals surface area contributed by atoms with Crippen LogP contribution in [0.3, 0.4) is 0 Å². The molecule has 2 aromatic heterocycles. The van der Waals surface area contributed by atoms with Gasteiger partial charge in [0.1, 0.15) is 5.69 Å². The first-order valence-corrected chi connectivity index (χ1v) is 9.80. The number of nitrogens with zero attached hydrogens (tertiary/aromatic N) is 4. The van der Waals surface area contributed by atoms with Crippen LogP contribution in [-0.4, -0.2) is 39.2 Å². The zero-order valence-corrected chi connectivity index (χ0v) is 17.3. The molecule has 146 valence electrons. The monoisotopic (exact) mass is 409 g/mol. The normalized spacial score (nSPS) is 17.8. The molecule has 0 spiro atoms. The van der Waals surface area contributed by atoms with Gasteiger partial charge in [0.05, 0.1) is 28.0 Å². The van der Waals surface area contributed by atoms with Gasteiger partial charge in [-0.15, -0.1) is 0 Å². The Morgan fingerprint density at radius 3 is 2.52 bits per heavy atom. The molecule has 3 rings (SSSR count). The molecule has 6 nitrogen and oxygen atoms in total. The highest BCUT2D eigenvalue weighted by molar-refractivity contribution is 6.43. The van der Waals surface area contributed by atoms with E-state index in [0.29, 0.717) is 32.7 Å². The minimum absolute atomic E-state index is 0.123. The van der Waals surface area contributed by atoms with Gasteiger partial charge in [0.25, 0.3) is 0 Å². The molecule has 1 atom stereocenters. The molecule has 1 aliphatic rings. The highest BCUT2D eigenvalue weighted by atomic mass is 35.5. The predicted molar refractivity (Wildman–Crippen MR) is 109 cm³/mol. The van der Waals surface area contributed by atoms with Crippen LogP contribution in [0.25, 0.3) is 11.3 Å². The van der Waals surface area contributed by atoms with E-state index in [9.17, 15) is 5.11 Å². The summed E-state index contributed by atoms with van der Waals surface area (Å²) >= 11 is 12.4. The lowest BCUT2D eigenvalue weighted by molar-refractivity contribution is 0.204. The Bertz CT molecular complexity index is 835. The average Bonchev–Trinajstić information content (AvgIpc) is 2.64. The zero-order valence-electron chi connectivity index (χ0n) is 15.8. The maximum absolute atomic E-state index is 9.90. The lowest BCUT2D eigenvalue weighted by Crippen LogP contribution is -2.47. The number of aliphatic hydroxyl groups excluding tert-OH is 1. The van der Waals surface area contributed by atoms with E-state index in [0.717, 1.165) is 31.7 Å². The van der Waals surface area contributed by atoms with Gasteiger partial charge in [-0.2, -0.15) is 0 Å². The number of anilines is 1. The number of halogens is 2. The van der Waals surface area contributed by atoms with Crippen molar-refractivity contribution in [2.24, 2.45) is 11.1 Å². The van der Waals surface area contributed by atoms with Crippen molar-refractivity contribution in [2.75, 3.05) is 18.0 Å². The van der Waals surface area contributed by atoms with E-state index >= 15 is 0 Å². The quantitative estimate of drug-likeness (QED) is 0.801. The van der Waals surface area contributed by atoms with Crippen molar-refractivity contribution in [3.8, 4) is 11.3 Å². The zero-order chi connectivity index (χ0) is 19.8. The van der Waals surface area contributed by atoms with Gasteiger partial charge in [0, 0.05) is 37.1 Å². The van der Waals surface area contributed by atoms with Gasteiger partial charge in [0.15, 0.2) is 5.82 Å². The minimum Gasteiger partial charge on any atom is -0.390 e. The van der Waals surface area contributed by atoms with Gasteiger partial charge in [-0.3, -0.25) is 4.98 Å². The summed E-state index contributed by atoms with van der Waals surface area (Å²) in [5.41, 5.74) is 8.72. The van der Waals surface area contributed by atoms with Crippen LogP contribution in [0.5, 0.6) is 0 Å². The molecule has 3 N–H and O–H groups in total. The molecule has 0 aromatic carbocycles. The van der Waals surface area contributed by atoms with E-state index in [1.807, 2.05) is 6.92 Å². The molecule has 8 heteroatoms. The van der Waals surface area contributed by atoms with E-state index in [1.165, 1.54) is 6.20 Å². The third-order valence-corrected chi connectivity index (χ3v) is 6.46.